The van der Waals surface area contributed by atoms with Crippen LogP contribution in [-0.4, -0.2) is 8.76 Å². The zero-order valence-electron chi connectivity index (χ0n) is 10.5. The summed E-state index contributed by atoms with van der Waals surface area (Å²) < 4.78 is 21.2. The van der Waals surface area contributed by atoms with Gasteiger partial charge in [0.1, 0.15) is 5.25 Å². The van der Waals surface area contributed by atoms with E-state index in [0.29, 0.717) is 0 Å². The minimum absolute atomic E-state index is 0.495. The normalized spacial score (nSPS) is 14.1. The van der Waals surface area contributed by atoms with Crippen molar-refractivity contribution in [3.05, 3.63) is 70.8 Å². The van der Waals surface area contributed by atoms with Crippen molar-refractivity contribution in [3.8, 4) is 0 Å². The molecule has 0 aromatic heterocycles. The number of hydrogen-bond acceptors (Lipinski definition) is 1. The number of halogens is 1. The Morgan fingerprint density at radius 3 is 1.95 bits per heavy atom. The standard InChI is InChI=1S/C15H15BrO2S/c1-11-2-6-13(7-3-11)15(19(17)18)14-8-4-12(10-16)5-9-14/h2-9,15H,10H2,1H3,(H,17,18). The van der Waals surface area contributed by atoms with Crippen LogP contribution in [0.4, 0.5) is 0 Å². The summed E-state index contributed by atoms with van der Waals surface area (Å²) in [6.07, 6.45) is 0. The third-order valence-corrected chi connectivity index (χ3v) is 4.61. The molecule has 4 heteroatoms. The monoisotopic (exact) mass is 338 g/mol. The molecule has 1 N–H and O–H groups in total. The van der Waals surface area contributed by atoms with Crippen LogP contribution in [0.15, 0.2) is 48.5 Å². The summed E-state index contributed by atoms with van der Waals surface area (Å²) >= 11 is 1.46. The van der Waals surface area contributed by atoms with Gasteiger partial charge in [-0.3, -0.25) is 0 Å². The van der Waals surface area contributed by atoms with Gasteiger partial charge in [0.15, 0.2) is 11.1 Å². The first-order valence-corrected chi connectivity index (χ1v) is 8.22. The molecule has 19 heavy (non-hydrogen) atoms. The Hall–Kier alpha value is -0.970. The summed E-state index contributed by atoms with van der Waals surface area (Å²) in [6.45, 7) is 2.00. The fourth-order valence-electron chi connectivity index (χ4n) is 1.95. The fraction of sp³-hybridized carbons (Fsp3) is 0.200. The van der Waals surface area contributed by atoms with E-state index in [1.807, 2.05) is 55.5 Å². The van der Waals surface area contributed by atoms with E-state index in [1.165, 1.54) is 0 Å². The van der Waals surface area contributed by atoms with E-state index in [1.54, 1.807) is 0 Å². The first-order chi connectivity index (χ1) is 9.11. The van der Waals surface area contributed by atoms with E-state index in [2.05, 4.69) is 15.9 Å². The smallest absolute Gasteiger partial charge is 0.165 e. The second-order valence-corrected chi connectivity index (χ2v) is 6.03. The first kappa shape index (κ1) is 14.4. The highest BCUT2D eigenvalue weighted by Crippen LogP contribution is 2.28. The van der Waals surface area contributed by atoms with Crippen molar-refractivity contribution in [3.63, 3.8) is 0 Å². The highest BCUT2D eigenvalue weighted by Gasteiger charge is 2.19. The van der Waals surface area contributed by atoms with Gasteiger partial charge in [0.2, 0.25) is 0 Å². The molecule has 2 rings (SSSR count). The summed E-state index contributed by atoms with van der Waals surface area (Å²) in [4.78, 5) is 0. The molecule has 0 aliphatic rings. The van der Waals surface area contributed by atoms with Crippen molar-refractivity contribution in [2.75, 3.05) is 0 Å². The maximum Gasteiger partial charge on any atom is 0.165 e. The van der Waals surface area contributed by atoms with Gasteiger partial charge in [-0.2, -0.15) is 0 Å². The van der Waals surface area contributed by atoms with Gasteiger partial charge >= 0.3 is 0 Å². The molecule has 0 aliphatic heterocycles. The van der Waals surface area contributed by atoms with Crippen LogP contribution in [0.2, 0.25) is 0 Å². The molecule has 0 radical (unpaired) electrons. The van der Waals surface area contributed by atoms with E-state index in [4.69, 9.17) is 0 Å². The quantitative estimate of drug-likeness (QED) is 0.670. The van der Waals surface area contributed by atoms with Gasteiger partial charge in [0.25, 0.3) is 0 Å². The Labute approximate surface area is 124 Å². The molecule has 2 aromatic rings. The van der Waals surface area contributed by atoms with Gasteiger partial charge in [0.05, 0.1) is 0 Å². The molecular formula is C15H15BrO2S. The molecular weight excluding hydrogens is 324 g/mol. The van der Waals surface area contributed by atoms with Crippen molar-refractivity contribution in [2.45, 2.75) is 17.5 Å². The zero-order valence-corrected chi connectivity index (χ0v) is 12.9. The van der Waals surface area contributed by atoms with Crippen LogP contribution in [0.1, 0.15) is 27.5 Å². The van der Waals surface area contributed by atoms with E-state index < -0.39 is 16.3 Å². The first-order valence-electron chi connectivity index (χ1n) is 5.93. The van der Waals surface area contributed by atoms with E-state index in [9.17, 15) is 8.76 Å². The fourth-order valence-corrected chi connectivity index (χ4v) is 3.10. The van der Waals surface area contributed by atoms with Crippen LogP contribution in [0.3, 0.4) is 0 Å². The molecule has 2 atom stereocenters. The molecule has 2 aromatic carbocycles. The van der Waals surface area contributed by atoms with Crippen molar-refractivity contribution in [1.82, 2.24) is 0 Å². The van der Waals surface area contributed by atoms with E-state index in [0.717, 1.165) is 27.6 Å². The highest BCUT2D eigenvalue weighted by atomic mass is 79.9. The SMILES string of the molecule is Cc1ccc(C(c2ccc(CBr)cc2)S(=O)O)cc1. The molecule has 2 nitrogen and oxygen atoms in total. The van der Waals surface area contributed by atoms with Gasteiger partial charge in [-0.15, -0.1) is 0 Å². The van der Waals surface area contributed by atoms with Crippen LogP contribution in [0, 0.1) is 6.92 Å². The minimum atomic E-state index is -1.93. The number of hydrogen-bond donors (Lipinski definition) is 1. The van der Waals surface area contributed by atoms with E-state index >= 15 is 0 Å². The average molecular weight is 339 g/mol. The Bertz CT molecular complexity index is 564. The van der Waals surface area contributed by atoms with Crippen LogP contribution < -0.4 is 0 Å². The Morgan fingerprint density at radius 2 is 1.53 bits per heavy atom. The van der Waals surface area contributed by atoms with Crippen molar-refractivity contribution in [1.29, 1.82) is 0 Å². The molecule has 0 heterocycles. The molecule has 0 saturated carbocycles. The van der Waals surface area contributed by atoms with Crippen LogP contribution >= 0.6 is 15.9 Å². The van der Waals surface area contributed by atoms with Crippen LogP contribution in [-0.2, 0) is 16.4 Å². The predicted octanol–water partition coefficient (Wildman–Crippen LogP) is 4.20. The Balaban J connectivity index is 2.39. The van der Waals surface area contributed by atoms with Gasteiger partial charge in [-0.05, 0) is 23.6 Å². The van der Waals surface area contributed by atoms with Gasteiger partial charge < -0.3 is 4.55 Å². The van der Waals surface area contributed by atoms with Crippen LogP contribution in [0.25, 0.3) is 0 Å². The summed E-state index contributed by atoms with van der Waals surface area (Å²) in [5, 5.41) is 0.287. The third kappa shape index (κ3) is 3.53. The highest BCUT2D eigenvalue weighted by molar-refractivity contribution is 9.08. The molecule has 0 bridgehead atoms. The molecule has 2 unspecified atom stereocenters. The maximum absolute atomic E-state index is 11.6. The second-order valence-electron chi connectivity index (χ2n) is 4.44. The Morgan fingerprint density at radius 1 is 1.05 bits per heavy atom. The third-order valence-electron chi connectivity index (χ3n) is 3.02. The summed E-state index contributed by atoms with van der Waals surface area (Å²) in [7, 11) is 0. The van der Waals surface area contributed by atoms with Gasteiger partial charge in [-0.1, -0.05) is 70.0 Å². The topological polar surface area (TPSA) is 37.3 Å². The lowest BCUT2D eigenvalue weighted by Crippen LogP contribution is -2.07. The lowest BCUT2D eigenvalue weighted by molar-refractivity contribution is 0.557. The number of aryl methyl sites for hydroxylation is 1. The van der Waals surface area contributed by atoms with Gasteiger partial charge in [-0.25, -0.2) is 4.21 Å². The van der Waals surface area contributed by atoms with Crippen LogP contribution in [0.5, 0.6) is 0 Å². The lowest BCUT2D eigenvalue weighted by Gasteiger charge is -2.14. The largest absolute Gasteiger partial charge is 0.305 e. The Kier molecular flexibility index (Phi) is 4.91. The van der Waals surface area contributed by atoms with Crippen molar-refractivity contribution < 1.29 is 8.76 Å². The number of alkyl halides is 1. The molecule has 0 spiro atoms. The molecule has 0 saturated heterocycles. The average Bonchev–Trinajstić information content (AvgIpc) is 2.42. The molecule has 0 fully saturated rings. The van der Waals surface area contributed by atoms with E-state index in [-0.39, 0.29) is 0 Å². The van der Waals surface area contributed by atoms with Crippen molar-refractivity contribution in [2.24, 2.45) is 0 Å². The summed E-state index contributed by atoms with van der Waals surface area (Å²) in [5.41, 5.74) is 4.00. The zero-order chi connectivity index (χ0) is 13.8. The lowest BCUT2D eigenvalue weighted by atomic mass is 10.0. The minimum Gasteiger partial charge on any atom is -0.305 e. The summed E-state index contributed by atoms with van der Waals surface area (Å²) in [5.74, 6) is 0. The number of benzene rings is 2. The molecule has 0 aliphatic carbocycles. The van der Waals surface area contributed by atoms with Gasteiger partial charge in [0, 0.05) is 5.33 Å². The summed E-state index contributed by atoms with van der Waals surface area (Å²) in [6, 6.07) is 15.5. The van der Waals surface area contributed by atoms with Crippen molar-refractivity contribution >= 4 is 27.0 Å². The number of rotatable bonds is 4. The maximum atomic E-state index is 11.6. The second kappa shape index (κ2) is 6.46. The molecule has 100 valence electrons. The molecule has 0 amide bonds. The predicted molar refractivity (Wildman–Crippen MR) is 82.9 cm³/mol.